The molecule has 2 unspecified atom stereocenters. The summed E-state index contributed by atoms with van der Waals surface area (Å²) in [4.78, 5) is 2.28. The molecular weight excluding hydrogens is 251 g/mol. The molecule has 0 bridgehead atoms. The second-order valence-electron chi connectivity index (χ2n) is 6.17. The maximum atomic E-state index is 13.0. The van der Waals surface area contributed by atoms with Crippen LogP contribution in [0.5, 0.6) is 0 Å². The molecule has 0 saturated carbocycles. The van der Waals surface area contributed by atoms with Gasteiger partial charge in [0.1, 0.15) is 5.82 Å². The topological polar surface area (TPSA) is 15.3 Å². The van der Waals surface area contributed by atoms with Gasteiger partial charge in [0.15, 0.2) is 0 Å². The largest absolute Gasteiger partial charge is 0.308 e. The Kier molecular flexibility index (Phi) is 7.17. The lowest BCUT2D eigenvalue weighted by atomic mass is 10.0. The molecule has 1 aromatic carbocycles. The number of hydrogen-bond acceptors (Lipinski definition) is 2. The number of likely N-dealkylation sites (N-methyl/N-ethyl adjacent to an activating group) is 1. The van der Waals surface area contributed by atoms with Crippen molar-refractivity contribution in [2.45, 2.75) is 45.7 Å². The van der Waals surface area contributed by atoms with E-state index >= 15 is 0 Å². The van der Waals surface area contributed by atoms with Gasteiger partial charge in [-0.3, -0.25) is 0 Å². The molecule has 114 valence electrons. The highest BCUT2D eigenvalue weighted by Crippen LogP contribution is 2.18. The first-order chi connectivity index (χ1) is 9.43. The monoisotopic (exact) mass is 280 g/mol. The van der Waals surface area contributed by atoms with Gasteiger partial charge in [0.2, 0.25) is 0 Å². The van der Waals surface area contributed by atoms with Gasteiger partial charge in [0, 0.05) is 18.6 Å². The molecule has 0 spiro atoms. The number of rotatable bonds is 8. The van der Waals surface area contributed by atoms with Crippen LogP contribution < -0.4 is 5.32 Å². The number of nitrogens with zero attached hydrogens (tertiary/aromatic N) is 1. The molecule has 0 amide bonds. The summed E-state index contributed by atoms with van der Waals surface area (Å²) in [6.07, 6.45) is 2.19. The zero-order chi connectivity index (χ0) is 15.1. The van der Waals surface area contributed by atoms with Crippen molar-refractivity contribution in [2.24, 2.45) is 5.92 Å². The zero-order valence-corrected chi connectivity index (χ0v) is 13.5. The fourth-order valence-electron chi connectivity index (χ4n) is 2.49. The van der Waals surface area contributed by atoms with Crippen LogP contribution in [0, 0.1) is 11.7 Å². The van der Waals surface area contributed by atoms with Gasteiger partial charge in [-0.1, -0.05) is 32.9 Å². The molecule has 0 aliphatic carbocycles. The Bertz CT molecular complexity index is 373. The van der Waals surface area contributed by atoms with E-state index in [0.717, 1.165) is 18.5 Å². The maximum Gasteiger partial charge on any atom is 0.123 e. The van der Waals surface area contributed by atoms with Gasteiger partial charge in [-0.2, -0.15) is 0 Å². The van der Waals surface area contributed by atoms with Crippen LogP contribution in [0.4, 0.5) is 4.39 Å². The van der Waals surface area contributed by atoms with Crippen molar-refractivity contribution in [3.63, 3.8) is 0 Å². The molecule has 1 N–H and O–H groups in total. The van der Waals surface area contributed by atoms with E-state index in [-0.39, 0.29) is 5.82 Å². The predicted molar refractivity (Wildman–Crippen MR) is 84.4 cm³/mol. The average Bonchev–Trinajstić information content (AvgIpc) is 2.39. The molecule has 2 nitrogen and oxygen atoms in total. The number of halogens is 1. The second kappa shape index (κ2) is 8.38. The predicted octanol–water partition coefficient (Wildman–Crippen LogP) is 3.84. The Labute approximate surface area is 123 Å². The van der Waals surface area contributed by atoms with Gasteiger partial charge < -0.3 is 10.2 Å². The number of benzene rings is 1. The highest BCUT2D eigenvalue weighted by atomic mass is 19.1. The van der Waals surface area contributed by atoms with Gasteiger partial charge in [-0.05, 0) is 50.6 Å². The van der Waals surface area contributed by atoms with Crippen molar-refractivity contribution in [1.29, 1.82) is 0 Å². The van der Waals surface area contributed by atoms with Crippen molar-refractivity contribution in [3.8, 4) is 0 Å². The quantitative estimate of drug-likeness (QED) is 0.778. The minimum Gasteiger partial charge on any atom is -0.308 e. The Morgan fingerprint density at radius 3 is 2.20 bits per heavy atom. The highest BCUT2D eigenvalue weighted by molar-refractivity contribution is 5.19. The lowest BCUT2D eigenvalue weighted by Gasteiger charge is -2.28. The molecule has 0 aliphatic rings. The standard InChI is InChI=1S/C17H29FN2/c1-6-17(14-7-9-15(18)10-8-14)19-12-16(20(4)5)11-13(2)3/h7-10,13,16-17,19H,6,11-12H2,1-5H3. The normalized spacial score (nSPS) is 14.8. The first-order valence-corrected chi connectivity index (χ1v) is 7.59. The fraction of sp³-hybridized carbons (Fsp3) is 0.647. The third-order valence-corrected chi connectivity index (χ3v) is 3.75. The molecule has 0 saturated heterocycles. The summed E-state index contributed by atoms with van der Waals surface area (Å²) in [6, 6.07) is 7.66. The van der Waals surface area contributed by atoms with E-state index in [1.165, 1.54) is 18.6 Å². The summed E-state index contributed by atoms with van der Waals surface area (Å²) in [6.45, 7) is 7.64. The van der Waals surface area contributed by atoms with E-state index in [1.54, 1.807) is 0 Å². The molecule has 0 radical (unpaired) electrons. The third-order valence-electron chi connectivity index (χ3n) is 3.75. The van der Waals surface area contributed by atoms with E-state index < -0.39 is 0 Å². The SMILES string of the molecule is CCC(NCC(CC(C)C)N(C)C)c1ccc(F)cc1. The highest BCUT2D eigenvalue weighted by Gasteiger charge is 2.16. The zero-order valence-electron chi connectivity index (χ0n) is 13.5. The van der Waals surface area contributed by atoms with Crippen LogP contribution in [0.15, 0.2) is 24.3 Å². The summed E-state index contributed by atoms with van der Waals surface area (Å²) in [7, 11) is 4.27. The number of nitrogens with one attached hydrogen (secondary N) is 1. The van der Waals surface area contributed by atoms with Crippen molar-refractivity contribution in [2.75, 3.05) is 20.6 Å². The van der Waals surface area contributed by atoms with Crippen LogP contribution in [0.3, 0.4) is 0 Å². The van der Waals surface area contributed by atoms with Crippen molar-refractivity contribution in [3.05, 3.63) is 35.6 Å². The molecule has 3 heteroatoms. The second-order valence-corrected chi connectivity index (χ2v) is 6.17. The summed E-state index contributed by atoms with van der Waals surface area (Å²) >= 11 is 0. The lowest BCUT2D eigenvalue weighted by molar-refractivity contribution is 0.239. The summed E-state index contributed by atoms with van der Waals surface area (Å²) in [5.41, 5.74) is 1.16. The Balaban J connectivity index is 2.61. The first kappa shape index (κ1) is 17.1. The molecule has 1 aromatic rings. The van der Waals surface area contributed by atoms with Crippen LogP contribution in [0.1, 0.15) is 45.2 Å². The summed E-state index contributed by atoms with van der Waals surface area (Å²) in [5.74, 6) is 0.518. The van der Waals surface area contributed by atoms with Gasteiger partial charge in [0.25, 0.3) is 0 Å². The average molecular weight is 280 g/mol. The molecular formula is C17H29FN2. The molecule has 0 heterocycles. The van der Waals surface area contributed by atoms with Gasteiger partial charge in [0.05, 0.1) is 0 Å². The molecule has 20 heavy (non-hydrogen) atoms. The van der Waals surface area contributed by atoms with Crippen molar-refractivity contribution >= 4 is 0 Å². The Morgan fingerprint density at radius 1 is 1.15 bits per heavy atom. The minimum absolute atomic E-state index is 0.172. The van der Waals surface area contributed by atoms with E-state index in [1.807, 2.05) is 12.1 Å². The summed E-state index contributed by atoms with van der Waals surface area (Å²) < 4.78 is 13.0. The van der Waals surface area contributed by atoms with Crippen LogP contribution in [0.2, 0.25) is 0 Å². The van der Waals surface area contributed by atoms with E-state index in [0.29, 0.717) is 18.0 Å². The van der Waals surface area contributed by atoms with Gasteiger partial charge in [-0.15, -0.1) is 0 Å². The molecule has 0 fully saturated rings. The van der Waals surface area contributed by atoms with Gasteiger partial charge >= 0.3 is 0 Å². The first-order valence-electron chi connectivity index (χ1n) is 7.59. The van der Waals surface area contributed by atoms with Crippen LogP contribution in [-0.4, -0.2) is 31.6 Å². The van der Waals surface area contributed by atoms with Crippen LogP contribution in [-0.2, 0) is 0 Å². The van der Waals surface area contributed by atoms with Gasteiger partial charge in [-0.25, -0.2) is 4.39 Å². The fourth-order valence-corrected chi connectivity index (χ4v) is 2.49. The lowest BCUT2D eigenvalue weighted by Crippen LogP contribution is -2.40. The molecule has 2 atom stereocenters. The van der Waals surface area contributed by atoms with Crippen molar-refractivity contribution < 1.29 is 4.39 Å². The molecule has 0 aromatic heterocycles. The third kappa shape index (κ3) is 5.59. The molecule has 0 aliphatic heterocycles. The van der Waals surface area contributed by atoms with E-state index in [2.05, 4.69) is 45.1 Å². The summed E-state index contributed by atoms with van der Waals surface area (Å²) in [5, 5.41) is 3.63. The maximum absolute atomic E-state index is 13.0. The van der Waals surface area contributed by atoms with Crippen LogP contribution in [0.25, 0.3) is 0 Å². The van der Waals surface area contributed by atoms with Crippen LogP contribution >= 0.6 is 0 Å². The van der Waals surface area contributed by atoms with E-state index in [4.69, 9.17) is 0 Å². The Hall–Kier alpha value is -0.930. The smallest absolute Gasteiger partial charge is 0.123 e. The van der Waals surface area contributed by atoms with Crippen molar-refractivity contribution in [1.82, 2.24) is 10.2 Å². The van der Waals surface area contributed by atoms with E-state index in [9.17, 15) is 4.39 Å². The molecule has 1 rings (SSSR count). The Morgan fingerprint density at radius 2 is 1.75 bits per heavy atom. The number of hydrogen-bond donors (Lipinski definition) is 1. The minimum atomic E-state index is -0.172.